The summed E-state index contributed by atoms with van der Waals surface area (Å²) in [7, 11) is 0. The molecule has 1 saturated carbocycles. The maximum Gasteiger partial charge on any atom is 0.0414 e. The lowest BCUT2D eigenvalue weighted by Crippen LogP contribution is -2.26. The highest BCUT2D eigenvalue weighted by atomic mass is 32.2. The van der Waals surface area contributed by atoms with Crippen molar-refractivity contribution >= 4 is 11.8 Å². The highest BCUT2D eigenvalue weighted by Crippen LogP contribution is 2.34. The molecule has 0 saturated heterocycles. The summed E-state index contributed by atoms with van der Waals surface area (Å²) in [5.41, 5.74) is 2.91. The molecular formula is C19H31NS. The zero-order chi connectivity index (χ0) is 15.1. The average Bonchev–Trinajstić information content (AvgIpc) is 2.48. The first-order chi connectivity index (χ1) is 10.2. The van der Waals surface area contributed by atoms with Crippen LogP contribution < -0.4 is 5.32 Å². The molecule has 3 unspecified atom stereocenters. The molecule has 0 aliphatic heterocycles. The lowest BCUT2D eigenvalue weighted by molar-refractivity contribution is 0.394. The number of hydrogen-bond donors (Lipinski definition) is 1. The largest absolute Gasteiger partial charge is 0.309 e. The van der Waals surface area contributed by atoms with Crippen molar-refractivity contribution in [3.8, 4) is 0 Å². The molecule has 2 heteroatoms. The second-order valence-corrected chi connectivity index (χ2v) is 7.92. The van der Waals surface area contributed by atoms with Crippen LogP contribution in [0, 0.1) is 12.8 Å². The smallest absolute Gasteiger partial charge is 0.0414 e. The van der Waals surface area contributed by atoms with Crippen molar-refractivity contribution in [3.05, 3.63) is 35.4 Å². The summed E-state index contributed by atoms with van der Waals surface area (Å²) in [6.45, 7) is 8.02. The van der Waals surface area contributed by atoms with Gasteiger partial charge in [-0.2, -0.15) is 11.8 Å². The third-order valence-electron chi connectivity index (χ3n) is 4.59. The van der Waals surface area contributed by atoms with Crippen LogP contribution in [0.3, 0.4) is 0 Å². The molecule has 118 valence electrons. The Morgan fingerprint density at radius 1 is 1.29 bits per heavy atom. The van der Waals surface area contributed by atoms with Crippen molar-refractivity contribution in [2.45, 2.75) is 64.2 Å². The SMILES string of the molecule is CCCNC(CSC1CCCC(C)C1)c1ccccc1C. The van der Waals surface area contributed by atoms with Crippen molar-refractivity contribution in [3.63, 3.8) is 0 Å². The van der Waals surface area contributed by atoms with Crippen LogP contribution >= 0.6 is 11.8 Å². The zero-order valence-electron chi connectivity index (χ0n) is 13.9. The van der Waals surface area contributed by atoms with Crippen molar-refractivity contribution in [1.29, 1.82) is 0 Å². The molecule has 0 radical (unpaired) electrons. The Kier molecular flexibility index (Phi) is 7.12. The second kappa shape index (κ2) is 8.85. The number of rotatable bonds is 7. The van der Waals surface area contributed by atoms with Crippen LogP contribution in [0.5, 0.6) is 0 Å². The van der Waals surface area contributed by atoms with Gasteiger partial charge in [0.15, 0.2) is 0 Å². The van der Waals surface area contributed by atoms with E-state index in [1.807, 2.05) is 0 Å². The summed E-state index contributed by atoms with van der Waals surface area (Å²) in [6, 6.07) is 9.37. The van der Waals surface area contributed by atoms with E-state index in [9.17, 15) is 0 Å². The summed E-state index contributed by atoms with van der Waals surface area (Å²) in [4.78, 5) is 0. The third-order valence-corrected chi connectivity index (χ3v) is 6.02. The predicted octanol–water partition coefficient (Wildman–Crippen LogP) is 5.35. The molecule has 0 amide bonds. The van der Waals surface area contributed by atoms with E-state index >= 15 is 0 Å². The maximum absolute atomic E-state index is 3.76. The summed E-state index contributed by atoms with van der Waals surface area (Å²) in [5, 5.41) is 4.63. The first kappa shape index (κ1) is 16.9. The van der Waals surface area contributed by atoms with E-state index in [1.54, 1.807) is 0 Å². The van der Waals surface area contributed by atoms with Crippen molar-refractivity contribution in [2.75, 3.05) is 12.3 Å². The molecule has 0 spiro atoms. The van der Waals surface area contributed by atoms with Gasteiger partial charge in [-0.3, -0.25) is 0 Å². The summed E-state index contributed by atoms with van der Waals surface area (Å²) >= 11 is 2.20. The quantitative estimate of drug-likeness (QED) is 0.729. The number of hydrogen-bond acceptors (Lipinski definition) is 2. The summed E-state index contributed by atoms with van der Waals surface area (Å²) in [6.07, 6.45) is 6.90. The van der Waals surface area contributed by atoms with Gasteiger partial charge in [0, 0.05) is 17.0 Å². The van der Waals surface area contributed by atoms with Gasteiger partial charge in [-0.25, -0.2) is 0 Å². The Labute approximate surface area is 135 Å². The van der Waals surface area contributed by atoms with Crippen molar-refractivity contribution < 1.29 is 0 Å². The lowest BCUT2D eigenvalue weighted by atomic mass is 9.91. The van der Waals surface area contributed by atoms with Gasteiger partial charge >= 0.3 is 0 Å². The predicted molar refractivity (Wildman–Crippen MR) is 96.1 cm³/mol. The van der Waals surface area contributed by atoms with Crippen LogP contribution in [0.1, 0.15) is 63.1 Å². The first-order valence-corrected chi connectivity index (χ1v) is 9.66. The third kappa shape index (κ3) is 5.34. The van der Waals surface area contributed by atoms with Gasteiger partial charge < -0.3 is 5.32 Å². The molecule has 1 aromatic carbocycles. The second-order valence-electron chi connectivity index (χ2n) is 6.59. The first-order valence-electron chi connectivity index (χ1n) is 8.61. The molecule has 3 atom stereocenters. The van der Waals surface area contributed by atoms with Crippen LogP contribution in [-0.2, 0) is 0 Å². The Hall–Kier alpha value is -0.470. The van der Waals surface area contributed by atoms with E-state index < -0.39 is 0 Å². The molecule has 0 bridgehead atoms. The van der Waals surface area contributed by atoms with Gasteiger partial charge in [-0.1, -0.05) is 51.0 Å². The minimum Gasteiger partial charge on any atom is -0.309 e. The molecule has 1 aliphatic rings. The van der Waals surface area contributed by atoms with E-state index in [4.69, 9.17) is 0 Å². The molecule has 0 aromatic heterocycles. The molecule has 1 aromatic rings. The van der Waals surface area contributed by atoms with Gasteiger partial charge in [0.1, 0.15) is 0 Å². The van der Waals surface area contributed by atoms with Crippen LogP contribution in [-0.4, -0.2) is 17.5 Å². The molecule has 0 heterocycles. The Morgan fingerprint density at radius 3 is 2.81 bits per heavy atom. The minimum atomic E-state index is 0.508. The van der Waals surface area contributed by atoms with Crippen molar-refractivity contribution in [2.24, 2.45) is 5.92 Å². The molecule has 2 rings (SSSR count). The molecule has 1 nitrogen and oxygen atoms in total. The standard InChI is InChI=1S/C19H31NS/c1-4-12-20-19(18-11-6-5-9-16(18)3)14-21-17-10-7-8-15(2)13-17/h5-6,9,11,15,17,19-20H,4,7-8,10,12-14H2,1-3H3. The van der Waals surface area contributed by atoms with Gasteiger partial charge in [0.05, 0.1) is 0 Å². The van der Waals surface area contributed by atoms with Gasteiger partial charge in [-0.05, 0) is 49.8 Å². The van der Waals surface area contributed by atoms with E-state index in [0.717, 1.165) is 17.7 Å². The fraction of sp³-hybridized carbons (Fsp3) is 0.684. The Balaban J connectivity index is 1.94. The molecular weight excluding hydrogens is 274 g/mol. The summed E-state index contributed by atoms with van der Waals surface area (Å²) in [5.74, 6) is 2.14. The van der Waals surface area contributed by atoms with Crippen LogP contribution in [0.15, 0.2) is 24.3 Å². The molecule has 1 fully saturated rings. The number of nitrogens with one attached hydrogen (secondary N) is 1. The number of aryl methyl sites for hydroxylation is 1. The minimum absolute atomic E-state index is 0.508. The zero-order valence-corrected chi connectivity index (χ0v) is 14.7. The monoisotopic (exact) mass is 305 g/mol. The summed E-state index contributed by atoms with van der Waals surface area (Å²) < 4.78 is 0. The Bertz CT molecular complexity index is 418. The highest BCUT2D eigenvalue weighted by molar-refractivity contribution is 7.99. The maximum atomic E-state index is 3.76. The van der Waals surface area contributed by atoms with Crippen LogP contribution in [0.2, 0.25) is 0 Å². The van der Waals surface area contributed by atoms with Gasteiger partial charge in [0.25, 0.3) is 0 Å². The Morgan fingerprint density at radius 2 is 2.10 bits per heavy atom. The van der Waals surface area contributed by atoms with Crippen LogP contribution in [0.4, 0.5) is 0 Å². The fourth-order valence-corrected chi connectivity index (χ4v) is 4.88. The van der Waals surface area contributed by atoms with E-state index in [2.05, 4.69) is 62.1 Å². The van der Waals surface area contributed by atoms with E-state index in [1.165, 1.54) is 49.0 Å². The number of benzene rings is 1. The van der Waals surface area contributed by atoms with Crippen molar-refractivity contribution in [1.82, 2.24) is 5.32 Å². The molecule has 21 heavy (non-hydrogen) atoms. The average molecular weight is 306 g/mol. The highest BCUT2D eigenvalue weighted by Gasteiger charge is 2.21. The normalized spacial score (nSPS) is 24.0. The molecule has 1 aliphatic carbocycles. The van der Waals surface area contributed by atoms with E-state index in [-0.39, 0.29) is 0 Å². The van der Waals surface area contributed by atoms with Gasteiger partial charge in [-0.15, -0.1) is 0 Å². The van der Waals surface area contributed by atoms with E-state index in [0.29, 0.717) is 6.04 Å². The fourth-order valence-electron chi connectivity index (χ4n) is 3.32. The number of thioether (sulfide) groups is 1. The lowest BCUT2D eigenvalue weighted by Gasteiger charge is -2.28. The van der Waals surface area contributed by atoms with Crippen LogP contribution in [0.25, 0.3) is 0 Å². The van der Waals surface area contributed by atoms with Gasteiger partial charge in [0.2, 0.25) is 0 Å². The topological polar surface area (TPSA) is 12.0 Å². The molecule has 1 N–H and O–H groups in total.